The normalized spacial score (nSPS) is 10.0. The highest BCUT2D eigenvalue weighted by Gasteiger charge is 2.09. The van der Waals surface area contributed by atoms with Gasteiger partial charge in [0.2, 0.25) is 0 Å². The van der Waals surface area contributed by atoms with E-state index in [2.05, 4.69) is 5.32 Å². The molecule has 2 N–H and O–H groups in total. The first-order valence-electron chi connectivity index (χ1n) is 4.95. The molecule has 1 rings (SSSR count). The van der Waals surface area contributed by atoms with E-state index in [0.29, 0.717) is 0 Å². The summed E-state index contributed by atoms with van der Waals surface area (Å²) < 4.78 is 25.4. The molecule has 0 saturated heterocycles. The zero-order chi connectivity index (χ0) is 12.8. The Balaban J connectivity index is 2.47. The zero-order valence-electron chi connectivity index (χ0n) is 8.87. The van der Waals surface area contributed by atoms with Crippen molar-refractivity contribution in [3.05, 3.63) is 35.4 Å². The molecule has 1 aromatic carbocycles. The molecule has 1 aromatic rings. The van der Waals surface area contributed by atoms with Crippen LogP contribution in [-0.4, -0.2) is 23.5 Å². The molecule has 0 heterocycles. The molecule has 0 atom stereocenters. The molecule has 0 aliphatic carbocycles. The van der Waals surface area contributed by atoms with E-state index in [4.69, 9.17) is 5.11 Å². The maximum Gasteiger partial charge on any atom is 0.303 e. The van der Waals surface area contributed by atoms with Crippen molar-refractivity contribution in [1.29, 1.82) is 0 Å². The van der Waals surface area contributed by atoms with Crippen molar-refractivity contribution in [2.24, 2.45) is 0 Å². The number of benzene rings is 1. The molecule has 0 unspecified atom stereocenters. The lowest BCUT2D eigenvalue weighted by atomic mass is 10.2. The van der Waals surface area contributed by atoms with Crippen LogP contribution in [0.1, 0.15) is 23.2 Å². The number of nitrogens with one attached hydrogen (secondary N) is 1. The highest BCUT2D eigenvalue weighted by molar-refractivity contribution is 5.94. The summed E-state index contributed by atoms with van der Waals surface area (Å²) in [5.41, 5.74) is -0.000718. The van der Waals surface area contributed by atoms with Crippen molar-refractivity contribution in [2.75, 3.05) is 6.54 Å². The van der Waals surface area contributed by atoms with E-state index in [1.54, 1.807) is 0 Å². The molecule has 0 aliphatic heterocycles. The molecule has 92 valence electrons. The SMILES string of the molecule is O=C(O)CCCNC(=O)c1ccc(F)c(F)c1. The molecule has 6 heteroatoms. The van der Waals surface area contributed by atoms with Crippen molar-refractivity contribution in [3.63, 3.8) is 0 Å². The number of carboxylic acids is 1. The predicted octanol–water partition coefficient (Wildman–Crippen LogP) is 1.56. The predicted molar refractivity (Wildman–Crippen MR) is 55.6 cm³/mol. The molecule has 0 bridgehead atoms. The van der Waals surface area contributed by atoms with Gasteiger partial charge >= 0.3 is 5.97 Å². The zero-order valence-corrected chi connectivity index (χ0v) is 8.87. The minimum Gasteiger partial charge on any atom is -0.481 e. The number of aliphatic carboxylic acids is 1. The lowest BCUT2D eigenvalue weighted by Crippen LogP contribution is -2.25. The van der Waals surface area contributed by atoms with Crippen molar-refractivity contribution >= 4 is 11.9 Å². The van der Waals surface area contributed by atoms with Gasteiger partial charge in [0.15, 0.2) is 11.6 Å². The number of halogens is 2. The molecule has 17 heavy (non-hydrogen) atoms. The van der Waals surface area contributed by atoms with Gasteiger partial charge in [0.05, 0.1) is 0 Å². The van der Waals surface area contributed by atoms with E-state index < -0.39 is 23.5 Å². The lowest BCUT2D eigenvalue weighted by Gasteiger charge is -2.04. The van der Waals surface area contributed by atoms with Crippen molar-refractivity contribution in [3.8, 4) is 0 Å². The first-order valence-corrected chi connectivity index (χ1v) is 4.95. The second kappa shape index (κ2) is 5.93. The fourth-order valence-corrected chi connectivity index (χ4v) is 1.18. The van der Waals surface area contributed by atoms with Gasteiger partial charge in [-0.15, -0.1) is 0 Å². The number of hydrogen-bond donors (Lipinski definition) is 2. The Bertz CT molecular complexity index is 435. The van der Waals surface area contributed by atoms with Crippen LogP contribution in [0.15, 0.2) is 18.2 Å². The third kappa shape index (κ3) is 4.18. The van der Waals surface area contributed by atoms with Crippen molar-refractivity contribution in [1.82, 2.24) is 5.32 Å². The molecule has 4 nitrogen and oxygen atoms in total. The quantitative estimate of drug-likeness (QED) is 0.771. The Kier molecular flexibility index (Phi) is 4.56. The molecule has 0 spiro atoms. The van der Waals surface area contributed by atoms with Crippen molar-refractivity contribution < 1.29 is 23.5 Å². The minimum absolute atomic E-state index is 0.000718. The van der Waals surface area contributed by atoms with E-state index in [1.165, 1.54) is 0 Å². The molecular weight excluding hydrogens is 232 g/mol. The third-order valence-corrected chi connectivity index (χ3v) is 2.03. The van der Waals surface area contributed by atoms with Gasteiger partial charge in [-0.2, -0.15) is 0 Å². The van der Waals surface area contributed by atoms with Crippen LogP contribution in [0.4, 0.5) is 8.78 Å². The second-order valence-electron chi connectivity index (χ2n) is 3.38. The van der Waals surface area contributed by atoms with E-state index in [0.717, 1.165) is 18.2 Å². The van der Waals surface area contributed by atoms with Crippen LogP contribution < -0.4 is 5.32 Å². The third-order valence-electron chi connectivity index (χ3n) is 2.03. The lowest BCUT2D eigenvalue weighted by molar-refractivity contribution is -0.137. The van der Waals surface area contributed by atoms with Crippen LogP contribution in [0.5, 0.6) is 0 Å². The fourth-order valence-electron chi connectivity index (χ4n) is 1.18. The number of rotatable bonds is 5. The molecular formula is C11H11F2NO3. The van der Waals surface area contributed by atoms with Crippen LogP contribution in [0.25, 0.3) is 0 Å². The Morgan fingerprint density at radius 3 is 2.53 bits per heavy atom. The maximum absolute atomic E-state index is 12.8. The van der Waals surface area contributed by atoms with Gasteiger partial charge < -0.3 is 10.4 Å². The summed E-state index contributed by atoms with van der Waals surface area (Å²) >= 11 is 0. The summed E-state index contributed by atoms with van der Waals surface area (Å²) in [6.07, 6.45) is 0.225. The topological polar surface area (TPSA) is 66.4 Å². The van der Waals surface area contributed by atoms with Crippen molar-refractivity contribution in [2.45, 2.75) is 12.8 Å². The summed E-state index contributed by atoms with van der Waals surface area (Å²) in [6, 6.07) is 2.81. The van der Waals surface area contributed by atoms with Gasteiger partial charge in [-0.25, -0.2) is 8.78 Å². The maximum atomic E-state index is 12.8. The molecule has 0 aliphatic rings. The van der Waals surface area contributed by atoms with E-state index in [9.17, 15) is 18.4 Å². The van der Waals surface area contributed by atoms with E-state index in [1.807, 2.05) is 0 Å². The molecule has 0 radical (unpaired) electrons. The number of hydrogen-bond acceptors (Lipinski definition) is 2. The Morgan fingerprint density at radius 1 is 1.24 bits per heavy atom. The van der Waals surface area contributed by atoms with E-state index in [-0.39, 0.29) is 24.9 Å². The molecule has 0 aromatic heterocycles. The molecule has 0 fully saturated rings. The van der Waals surface area contributed by atoms with E-state index >= 15 is 0 Å². The molecule has 1 amide bonds. The van der Waals surface area contributed by atoms with Gasteiger partial charge in [-0.3, -0.25) is 9.59 Å². The minimum atomic E-state index is -1.09. The first kappa shape index (κ1) is 13.1. The van der Waals surface area contributed by atoms with Gasteiger partial charge in [0.1, 0.15) is 0 Å². The number of amides is 1. The summed E-state index contributed by atoms with van der Waals surface area (Å²) in [6.45, 7) is 0.171. The van der Waals surface area contributed by atoms with Gasteiger partial charge in [-0.1, -0.05) is 0 Å². The summed E-state index contributed by atoms with van der Waals surface area (Å²) in [5.74, 6) is -3.63. The Labute approximate surface area is 96.3 Å². The van der Waals surface area contributed by atoms with Crippen LogP contribution in [0.3, 0.4) is 0 Å². The van der Waals surface area contributed by atoms with Gasteiger partial charge in [0.25, 0.3) is 5.91 Å². The largest absolute Gasteiger partial charge is 0.481 e. The summed E-state index contributed by atoms with van der Waals surface area (Å²) in [5, 5.41) is 10.8. The summed E-state index contributed by atoms with van der Waals surface area (Å²) in [7, 11) is 0. The first-order chi connectivity index (χ1) is 8.00. The highest BCUT2D eigenvalue weighted by Crippen LogP contribution is 2.08. The average molecular weight is 243 g/mol. The highest BCUT2D eigenvalue weighted by atomic mass is 19.2. The number of carboxylic acid groups (broad SMARTS) is 1. The van der Waals surface area contributed by atoms with Gasteiger partial charge in [-0.05, 0) is 24.6 Å². The summed E-state index contributed by atoms with van der Waals surface area (Å²) in [4.78, 5) is 21.6. The smallest absolute Gasteiger partial charge is 0.303 e. The number of carbonyl (C=O) groups excluding carboxylic acids is 1. The monoisotopic (exact) mass is 243 g/mol. The Morgan fingerprint density at radius 2 is 1.94 bits per heavy atom. The molecule has 0 saturated carbocycles. The van der Waals surface area contributed by atoms with Gasteiger partial charge in [0, 0.05) is 18.5 Å². The standard InChI is InChI=1S/C11H11F2NO3/c12-8-4-3-7(6-9(8)13)11(17)14-5-1-2-10(15)16/h3-4,6H,1-2,5H2,(H,14,17)(H,15,16). The van der Waals surface area contributed by atoms with Crippen LogP contribution >= 0.6 is 0 Å². The second-order valence-corrected chi connectivity index (χ2v) is 3.38. The average Bonchev–Trinajstić information content (AvgIpc) is 2.27. The van der Waals surface area contributed by atoms with Crippen LogP contribution in [-0.2, 0) is 4.79 Å². The van der Waals surface area contributed by atoms with Crippen LogP contribution in [0.2, 0.25) is 0 Å². The Hall–Kier alpha value is -1.98. The fraction of sp³-hybridized carbons (Fsp3) is 0.273. The van der Waals surface area contributed by atoms with Crippen LogP contribution in [0, 0.1) is 11.6 Å². The number of carbonyl (C=O) groups is 2.